The monoisotopic (exact) mass is 510 g/mol. The highest BCUT2D eigenvalue weighted by Crippen LogP contribution is 2.40. The van der Waals surface area contributed by atoms with Crippen LogP contribution in [0.25, 0.3) is 0 Å². The van der Waals surface area contributed by atoms with Gasteiger partial charge in [-0.25, -0.2) is 0 Å². The van der Waals surface area contributed by atoms with Gasteiger partial charge in [0.05, 0.1) is 6.04 Å². The summed E-state index contributed by atoms with van der Waals surface area (Å²) < 4.78 is 6.21. The van der Waals surface area contributed by atoms with Gasteiger partial charge in [-0.3, -0.25) is 9.59 Å². The van der Waals surface area contributed by atoms with Gasteiger partial charge in [-0.15, -0.1) is 0 Å². The molecule has 0 bridgehead atoms. The quantitative estimate of drug-likeness (QED) is 0.387. The van der Waals surface area contributed by atoms with Gasteiger partial charge in [-0.05, 0) is 67.5 Å². The van der Waals surface area contributed by atoms with E-state index in [-0.39, 0.29) is 23.8 Å². The number of hydrogen-bond donors (Lipinski definition) is 0. The molecule has 0 saturated heterocycles. The molecule has 3 aromatic carbocycles. The molecular weight excluding hydrogens is 472 g/mol. The fourth-order valence-corrected chi connectivity index (χ4v) is 6.01. The smallest absolute Gasteiger partial charge is 0.263 e. The van der Waals surface area contributed by atoms with Crippen LogP contribution in [0.1, 0.15) is 66.5 Å². The Morgan fingerprint density at radius 3 is 2.50 bits per heavy atom. The number of rotatable bonds is 7. The van der Waals surface area contributed by atoms with E-state index in [9.17, 15) is 9.59 Å². The lowest BCUT2D eigenvalue weighted by Crippen LogP contribution is -2.43. The Balaban J connectivity index is 1.40. The summed E-state index contributed by atoms with van der Waals surface area (Å²) in [7, 11) is 1.81. The van der Waals surface area contributed by atoms with E-state index < -0.39 is 6.10 Å². The topological polar surface area (TPSA) is 49.9 Å². The van der Waals surface area contributed by atoms with Gasteiger partial charge in [0.2, 0.25) is 5.91 Å². The van der Waals surface area contributed by atoms with E-state index in [4.69, 9.17) is 4.74 Å². The fraction of sp³-hybridized carbons (Fsp3) is 0.394. The van der Waals surface area contributed by atoms with Crippen molar-refractivity contribution in [2.45, 2.75) is 64.6 Å². The first-order valence-electron chi connectivity index (χ1n) is 13.9. The lowest BCUT2D eigenvalue weighted by atomic mass is 9.86. The van der Waals surface area contributed by atoms with E-state index in [2.05, 4.69) is 48.2 Å². The molecule has 1 heterocycles. The molecule has 1 fully saturated rings. The molecular formula is C33H38N2O3. The molecule has 3 aromatic rings. The zero-order valence-electron chi connectivity index (χ0n) is 22.7. The minimum Gasteiger partial charge on any atom is -0.481 e. The first-order valence-corrected chi connectivity index (χ1v) is 13.9. The second-order valence-electron chi connectivity index (χ2n) is 10.9. The second kappa shape index (κ2) is 11.4. The number of aryl methyl sites for hydroxylation is 1. The molecule has 0 aromatic heterocycles. The van der Waals surface area contributed by atoms with Gasteiger partial charge in [0.25, 0.3) is 5.91 Å². The van der Waals surface area contributed by atoms with Gasteiger partial charge in [0.15, 0.2) is 6.10 Å². The van der Waals surface area contributed by atoms with E-state index in [1.807, 2.05) is 43.4 Å². The van der Waals surface area contributed by atoms with Crippen LogP contribution in [-0.4, -0.2) is 41.3 Å². The molecule has 5 heteroatoms. The molecule has 2 aliphatic rings. The van der Waals surface area contributed by atoms with Crippen LogP contribution < -0.4 is 4.74 Å². The van der Waals surface area contributed by atoms with Crippen molar-refractivity contribution in [3.8, 4) is 5.75 Å². The van der Waals surface area contributed by atoms with E-state index >= 15 is 0 Å². The number of hydrogen-bond acceptors (Lipinski definition) is 3. The number of ether oxygens (including phenoxy) is 1. The van der Waals surface area contributed by atoms with Crippen molar-refractivity contribution in [2.24, 2.45) is 5.92 Å². The van der Waals surface area contributed by atoms with Crippen molar-refractivity contribution >= 4 is 11.8 Å². The maximum atomic E-state index is 13.7. The Bertz CT molecular complexity index is 1280. The molecule has 5 rings (SSSR count). The zero-order valence-corrected chi connectivity index (χ0v) is 22.7. The van der Waals surface area contributed by atoms with E-state index in [0.29, 0.717) is 12.3 Å². The van der Waals surface area contributed by atoms with Crippen molar-refractivity contribution in [2.75, 3.05) is 13.6 Å². The molecule has 2 amide bonds. The van der Waals surface area contributed by atoms with Gasteiger partial charge >= 0.3 is 0 Å². The summed E-state index contributed by atoms with van der Waals surface area (Å²) in [6, 6.07) is 24.4. The number of carbonyl (C=O) groups excluding carboxylic acids is 2. The number of fused-ring (bicyclic) bond motifs is 1. The highest BCUT2D eigenvalue weighted by atomic mass is 16.5. The van der Waals surface area contributed by atoms with Crippen molar-refractivity contribution in [1.29, 1.82) is 0 Å². The highest BCUT2D eigenvalue weighted by molar-refractivity contribution is 5.81. The van der Waals surface area contributed by atoms with E-state index in [1.165, 1.54) is 11.1 Å². The maximum Gasteiger partial charge on any atom is 0.263 e. The molecule has 0 spiro atoms. The lowest BCUT2D eigenvalue weighted by Gasteiger charge is -2.39. The Hall–Kier alpha value is -3.60. The van der Waals surface area contributed by atoms with Crippen LogP contribution in [0.2, 0.25) is 0 Å². The zero-order chi connectivity index (χ0) is 26.6. The largest absolute Gasteiger partial charge is 0.481 e. The van der Waals surface area contributed by atoms with Crippen LogP contribution >= 0.6 is 0 Å². The van der Waals surface area contributed by atoms with Crippen LogP contribution in [0, 0.1) is 12.8 Å². The number of likely N-dealkylation sites (N-methyl/N-ethyl adjacent to an activating group) is 1. The molecule has 2 atom stereocenters. The van der Waals surface area contributed by atoms with Crippen LogP contribution in [0.4, 0.5) is 0 Å². The number of amides is 2. The van der Waals surface area contributed by atoms with Crippen LogP contribution in [0.5, 0.6) is 5.75 Å². The SMILES string of the molecule is Cc1cccc(C2c3cc(OC(C)C(=O)N(C)Cc4ccccc4)ccc3CCN2C(=O)C2CCCC2)c1. The van der Waals surface area contributed by atoms with E-state index in [1.54, 1.807) is 11.8 Å². The Kier molecular flexibility index (Phi) is 7.82. The Labute approximate surface area is 226 Å². The molecule has 0 radical (unpaired) electrons. The lowest BCUT2D eigenvalue weighted by molar-refractivity contribution is -0.137. The molecule has 198 valence electrons. The Morgan fingerprint density at radius 2 is 1.76 bits per heavy atom. The van der Waals surface area contributed by atoms with Gasteiger partial charge in [-0.2, -0.15) is 0 Å². The third kappa shape index (κ3) is 5.62. The summed E-state index contributed by atoms with van der Waals surface area (Å²) in [6.45, 7) is 5.15. The first kappa shape index (κ1) is 26.0. The third-order valence-electron chi connectivity index (χ3n) is 7.99. The summed E-state index contributed by atoms with van der Waals surface area (Å²) >= 11 is 0. The molecule has 1 aliphatic carbocycles. The minimum absolute atomic E-state index is 0.0696. The predicted octanol–water partition coefficient (Wildman–Crippen LogP) is 6.09. The summed E-state index contributed by atoms with van der Waals surface area (Å²) in [6.07, 6.45) is 4.45. The highest BCUT2D eigenvalue weighted by Gasteiger charge is 2.36. The van der Waals surface area contributed by atoms with E-state index in [0.717, 1.165) is 55.3 Å². The molecule has 1 saturated carbocycles. The van der Waals surface area contributed by atoms with Gasteiger partial charge in [0, 0.05) is 26.1 Å². The third-order valence-corrected chi connectivity index (χ3v) is 7.99. The first-order chi connectivity index (χ1) is 18.4. The summed E-state index contributed by atoms with van der Waals surface area (Å²) in [5, 5.41) is 0. The summed E-state index contributed by atoms with van der Waals surface area (Å²) in [5.74, 6) is 0.989. The minimum atomic E-state index is -0.626. The average molecular weight is 511 g/mol. The van der Waals surface area contributed by atoms with Crippen LogP contribution in [-0.2, 0) is 22.6 Å². The van der Waals surface area contributed by atoms with Gasteiger partial charge in [-0.1, -0.05) is 79.1 Å². The van der Waals surface area contributed by atoms with Gasteiger partial charge < -0.3 is 14.5 Å². The normalized spacial score (nSPS) is 18.1. The fourth-order valence-electron chi connectivity index (χ4n) is 6.01. The average Bonchev–Trinajstić information content (AvgIpc) is 3.47. The van der Waals surface area contributed by atoms with Crippen molar-refractivity contribution in [3.05, 3.63) is 101 Å². The molecule has 2 unspecified atom stereocenters. The summed E-state index contributed by atoms with van der Waals surface area (Å²) in [4.78, 5) is 30.6. The van der Waals surface area contributed by atoms with Crippen LogP contribution in [0.3, 0.4) is 0 Å². The van der Waals surface area contributed by atoms with Gasteiger partial charge in [0.1, 0.15) is 5.75 Å². The molecule has 38 heavy (non-hydrogen) atoms. The maximum absolute atomic E-state index is 13.7. The molecule has 5 nitrogen and oxygen atoms in total. The summed E-state index contributed by atoms with van der Waals surface area (Å²) in [5.41, 5.74) is 5.72. The number of nitrogens with zero attached hydrogens (tertiary/aromatic N) is 2. The van der Waals surface area contributed by atoms with Crippen LogP contribution in [0.15, 0.2) is 72.8 Å². The standard InChI is InChI=1S/C33H38N2O3/c1-23-10-9-15-28(20-23)31-30-21-29(38-24(2)32(36)34(3)22-25-11-5-4-6-12-25)17-16-26(30)18-19-35(31)33(37)27-13-7-8-14-27/h4-6,9-12,15-17,20-21,24,27,31H,7-8,13-14,18-19,22H2,1-3H3. The predicted molar refractivity (Wildman–Crippen MR) is 150 cm³/mol. The van der Waals surface area contributed by atoms with Crippen molar-refractivity contribution in [1.82, 2.24) is 9.80 Å². The van der Waals surface area contributed by atoms with Crippen molar-refractivity contribution < 1.29 is 14.3 Å². The molecule has 0 N–H and O–H groups in total. The molecule has 1 aliphatic heterocycles. The second-order valence-corrected chi connectivity index (χ2v) is 10.9. The van der Waals surface area contributed by atoms with Crippen molar-refractivity contribution in [3.63, 3.8) is 0 Å². The Morgan fingerprint density at radius 1 is 1.00 bits per heavy atom. The number of carbonyl (C=O) groups is 2. The number of benzene rings is 3.